The molecule has 2 rings (SSSR count). The van der Waals surface area contributed by atoms with Crippen molar-refractivity contribution < 1.29 is 5.11 Å². The third-order valence-corrected chi connectivity index (χ3v) is 3.43. The first-order chi connectivity index (χ1) is 5.68. The molecule has 66 valence electrons. The maximum absolute atomic E-state index is 8.98. The van der Waals surface area contributed by atoms with Gasteiger partial charge in [0.2, 0.25) is 0 Å². The maximum atomic E-state index is 8.98. The summed E-state index contributed by atoms with van der Waals surface area (Å²) < 4.78 is 0.738. The molecule has 0 atom stereocenters. The molecule has 0 amide bonds. The second-order valence-corrected chi connectivity index (χ2v) is 4.61. The maximum Gasteiger partial charge on any atom is 0.0511 e. The lowest BCUT2D eigenvalue weighted by Gasteiger charge is -2.00. The molecular formula is C8H11BrN2O. The summed E-state index contributed by atoms with van der Waals surface area (Å²) in [6, 6.07) is 0. The van der Waals surface area contributed by atoms with Crippen LogP contribution in [-0.4, -0.2) is 23.5 Å². The lowest BCUT2D eigenvalue weighted by atomic mass is 10.2. The smallest absolute Gasteiger partial charge is 0.0511 e. The average Bonchev–Trinajstić information content (AvgIpc) is 2.85. The monoisotopic (exact) mass is 230 g/mol. The first-order valence-corrected chi connectivity index (χ1v) is 4.72. The van der Waals surface area contributed by atoms with Crippen molar-refractivity contribution in [2.45, 2.75) is 18.4 Å². The molecule has 3 N–H and O–H groups in total. The number of hydrogen-bond acceptors (Lipinski definition) is 3. The Balaban J connectivity index is 1.89. The standard InChI is InChI=1S/C8H11BrN2O/c9-6(1-10)2-11-8-3-7(8,4-8)5-12/h1-2,10-12H,3-5H2/b6-2+,10-1?. The molecule has 0 unspecified atom stereocenters. The van der Waals surface area contributed by atoms with Gasteiger partial charge in [-0.05, 0) is 28.8 Å². The summed E-state index contributed by atoms with van der Waals surface area (Å²) in [6.07, 6.45) is 5.18. The van der Waals surface area contributed by atoms with Gasteiger partial charge >= 0.3 is 0 Å². The third-order valence-electron chi connectivity index (χ3n) is 2.97. The predicted octanol–water partition coefficient (Wildman–Crippen LogP) is 0.987. The molecule has 2 aliphatic carbocycles. The lowest BCUT2D eigenvalue weighted by molar-refractivity contribution is 0.246. The average molecular weight is 231 g/mol. The highest BCUT2D eigenvalue weighted by Gasteiger charge is 2.82. The number of rotatable bonds is 4. The van der Waals surface area contributed by atoms with Gasteiger partial charge in [-0.25, -0.2) is 0 Å². The number of fused-ring (bicyclic) bond motifs is 1. The number of halogens is 1. The Morgan fingerprint density at radius 2 is 2.33 bits per heavy atom. The van der Waals surface area contributed by atoms with Crippen LogP contribution in [0.2, 0.25) is 0 Å². The van der Waals surface area contributed by atoms with E-state index in [2.05, 4.69) is 21.2 Å². The zero-order valence-electron chi connectivity index (χ0n) is 6.60. The number of nitrogens with one attached hydrogen (secondary N) is 2. The van der Waals surface area contributed by atoms with Gasteiger partial charge in [-0.15, -0.1) is 0 Å². The van der Waals surface area contributed by atoms with Crippen molar-refractivity contribution in [2.24, 2.45) is 5.41 Å². The van der Waals surface area contributed by atoms with Gasteiger partial charge in [0.1, 0.15) is 0 Å². The Hall–Kier alpha value is -0.350. The second-order valence-electron chi connectivity index (χ2n) is 3.69. The minimum absolute atomic E-state index is 0.184. The van der Waals surface area contributed by atoms with Gasteiger partial charge in [0.05, 0.1) is 11.1 Å². The van der Waals surface area contributed by atoms with Gasteiger partial charge in [0.25, 0.3) is 0 Å². The molecule has 0 spiro atoms. The summed E-state index contributed by atoms with van der Waals surface area (Å²) in [7, 11) is 0. The normalized spacial score (nSPS) is 43.3. The number of aliphatic hydroxyl groups is 1. The Labute approximate surface area is 79.5 Å². The highest BCUT2D eigenvalue weighted by molar-refractivity contribution is 9.12. The van der Waals surface area contributed by atoms with Crippen LogP contribution in [0.25, 0.3) is 0 Å². The van der Waals surface area contributed by atoms with Crippen LogP contribution in [0.5, 0.6) is 0 Å². The van der Waals surface area contributed by atoms with Gasteiger partial charge in [-0.3, -0.25) is 0 Å². The predicted molar refractivity (Wildman–Crippen MR) is 50.4 cm³/mol. The quantitative estimate of drug-likeness (QED) is 0.632. The molecule has 0 bridgehead atoms. The first kappa shape index (κ1) is 8.26. The Morgan fingerprint density at radius 1 is 1.67 bits per heavy atom. The van der Waals surface area contributed by atoms with Gasteiger partial charge < -0.3 is 15.8 Å². The summed E-state index contributed by atoms with van der Waals surface area (Å²) in [5, 5.41) is 19.1. The summed E-state index contributed by atoms with van der Waals surface area (Å²) in [4.78, 5) is 0. The minimum Gasteiger partial charge on any atom is -0.396 e. The fraction of sp³-hybridized carbons (Fsp3) is 0.625. The van der Waals surface area contributed by atoms with E-state index in [9.17, 15) is 0 Å². The van der Waals surface area contributed by atoms with E-state index in [1.165, 1.54) is 6.21 Å². The molecule has 4 heteroatoms. The SMILES string of the molecule is N=C/C(Br)=C\NC12CC1(CO)C2. The molecule has 3 nitrogen and oxygen atoms in total. The van der Waals surface area contributed by atoms with Crippen molar-refractivity contribution in [3.05, 3.63) is 10.7 Å². The van der Waals surface area contributed by atoms with Crippen LogP contribution in [0, 0.1) is 10.8 Å². The summed E-state index contributed by atoms with van der Waals surface area (Å²) in [5.74, 6) is 0. The van der Waals surface area contributed by atoms with Crippen LogP contribution >= 0.6 is 15.9 Å². The van der Waals surface area contributed by atoms with Crippen molar-refractivity contribution >= 4 is 22.1 Å². The molecule has 0 aromatic carbocycles. The molecule has 12 heavy (non-hydrogen) atoms. The molecule has 0 aliphatic heterocycles. The van der Waals surface area contributed by atoms with Crippen LogP contribution < -0.4 is 5.32 Å². The van der Waals surface area contributed by atoms with E-state index >= 15 is 0 Å². The van der Waals surface area contributed by atoms with E-state index in [0.717, 1.165) is 17.3 Å². The van der Waals surface area contributed by atoms with E-state index in [-0.39, 0.29) is 17.6 Å². The number of hydrogen-bond donors (Lipinski definition) is 3. The fourth-order valence-corrected chi connectivity index (χ4v) is 1.90. The van der Waals surface area contributed by atoms with Crippen molar-refractivity contribution in [2.75, 3.05) is 6.61 Å². The second kappa shape index (κ2) is 2.33. The van der Waals surface area contributed by atoms with Gasteiger partial charge in [-0.1, -0.05) is 0 Å². The van der Waals surface area contributed by atoms with E-state index < -0.39 is 0 Å². The highest BCUT2D eigenvalue weighted by atomic mass is 79.9. The zero-order valence-corrected chi connectivity index (χ0v) is 8.19. The molecule has 0 aromatic rings. The van der Waals surface area contributed by atoms with Crippen LogP contribution in [0.3, 0.4) is 0 Å². The van der Waals surface area contributed by atoms with Crippen molar-refractivity contribution in [1.29, 1.82) is 5.41 Å². The third kappa shape index (κ3) is 0.944. The molecule has 0 heterocycles. The molecule has 2 aliphatic rings. The van der Waals surface area contributed by atoms with E-state index in [4.69, 9.17) is 10.5 Å². The van der Waals surface area contributed by atoms with Crippen molar-refractivity contribution in [1.82, 2.24) is 5.32 Å². The van der Waals surface area contributed by atoms with Crippen LogP contribution in [0.15, 0.2) is 10.7 Å². The molecule has 2 fully saturated rings. The molecule has 0 radical (unpaired) electrons. The van der Waals surface area contributed by atoms with Crippen LogP contribution in [-0.2, 0) is 0 Å². The number of allylic oxidation sites excluding steroid dienone is 1. The highest BCUT2D eigenvalue weighted by Crippen LogP contribution is 2.78. The van der Waals surface area contributed by atoms with Crippen LogP contribution in [0.1, 0.15) is 12.8 Å². The Bertz CT molecular complexity index is 256. The Kier molecular flexibility index (Phi) is 1.60. The number of aliphatic hydroxyl groups excluding tert-OH is 1. The minimum atomic E-state index is 0.184. The lowest BCUT2D eigenvalue weighted by Crippen LogP contribution is -2.16. The summed E-state index contributed by atoms with van der Waals surface area (Å²) in [6.45, 7) is 0.288. The van der Waals surface area contributed by atoms with E-state index in [1.54, 1.807) is 6.20 Å². The van der Waals surface area contributed by atoms with Gasteiger partial charge in [0, 0.05) is 23.4 Å². The van der Waals surface area contributed by atoms with E-state index in [1.807, 2.05) is 0 Å². The topological polar surface area (TPSA) is 56.1 Å². The van der Waals surface area contributed by atoms with E-state index in [0.29, 0.717) is 0 Å². The molecule has 2 saturated carbocycles. The molecule has 0 saturated heterocycles. The van der Waals surface area contributed by atoms with Crippen LogP contribution in [0.4, 0.5) is 0 Å². The summed E-state index contributed by atoms with van der Waals surface area (Å²) >= 11 is 3.21. The van der Waals surface area contributed by atoms with Crippen molar-refractivity contribution in [3.63, 3.8) is 0 Å². The largest absolute Gasteiger partial charge is 0.396 e. The Morgan fingerprint density at radius 3 is 2.75 bits per heavy atom. The van der Waals surface area contributed by atoms with Gasteiger partial charge in [0.15, 0.2) is 0 Å². The molecular weight excluding hydrogens is 220 g/mol. The summed E-state index contributed by atoms with van der Waals surface area (Å²) in [5.41, 5.74) is 0.378. The zero-order chi connectivity index (χ0) is 8.82. The fourth-order valence-electron chi connectivity index (χ4n) is 1.78. The first-order valence-electron chi connectivity index (χ1n) is 3.93. The van der Waals surface area contributed by atoms with Gasteiger partial charge in [-0.2, -0.15) is 0 Å². The van der Waals surface area contributed by atoms with Crippen molar-refractivity contribution in [3.8, 4) is 0 Å². The molecule has 0 aromatic heterocycles.